The molecular weight excluding hydrogens is 460 g/mol. The van der Waals surface area contributed by atoms with Gasteiger partial charge in [-0.3, -0.25) is 4.79 Å². The number of aliphatic hydroxyl groups is 1. The first-order valence-corrected chi connectivity index (χ1v) is 12.0. The molecule has 194 valence electrons. The summed E-state index contributed by atoms with van der Waals surface area (Å²) in [5, 5.41) is 8.95. The molecule has 0 aromatic heterocycles. The zero-order chi connectivity index (χ0) is 26.5. The number of esters is 2. The first-order valence-electron chi connectivity index (χ1n) is 12.0. The minimum absolute atomic E-state index is 0.0754. The van der Waals surface area contributed by atoms with E-state index < -0.39 is 18.0 Å². The Labute approximate surface area is 213 Å². The van der Waals surface area contributed by atoms with Gasteiger partial charge in [-0.15, -0.1) is 0 Å². The molecule has 0 saturated carbocycles. The Morgan fingerprint density at radius 2 is 1.83 bits per heavy atom. The fourth-order valence-electron chi connectivity index (χ4n) is 3.75. The highest BCUT2D eigenvalue weighted by molar-refractivity contribution is 5.92. The van der Waals surface area contributed by atoms with Crippen molar-refractivity contribution in [1.29, 1.82) is 0 Å². The predicted octanol–water partition coefficient (Wildman–Crippen LogP) is 5.68. The van der Waals surface area contributed by atoms with Gasteiger partial charge in [0.1, 0.15) is 24.2 Å². The Morgan fingerprint density at radius 3 is 2.42 bits per heavy atom. The van der Waals surface area contributed by atoms with Crippen LogP contribution in [0.1, 0.15) is 67.1 Å². The third-order valence-corrected chi connectivity index (χ3v) is 5.58. The number of carbonyl (C=O) groups is 2. The van der Waals surface area contributed by atoms with Crippen LogP contribution in [0.15, 0.2) is 60.7 Å². The molecule has 0 spiro atoms. The van der Waals surface area contributed by atoms with Crippen LogP contribution in [0.3, 0.4) is 0 Å². The number of benzene rings is 2. The smallest absolute Gasteiger partial charge is 0.337 e. The van der Waals surface area contributed by atoms with Gasteiger partial charge in [-0.2, -0.15) is 0 Å². The number of unbranched alkanes of at least 4 members (excludes halogenated alkanes) is 1. The lowest BCUT2D eigenvalue weighted by Gasteiger charge is -2.19. The standard InChI is InChI=1S/C29H36O7/c1-6-7-8-20(2)25(26-19-23(29(32)34-5)11-15-28(26)33-4)14-16-27(36-21(3)31)22-9-12-24(13-10-22)35-18-17-30/h9-15,19,27,30H,2,6-8,16-18H2,1,3-5H3/b25-14-/t27-/m0/s1. The zero-order valence-electron chi connectivity index (χ0n) is 21.5. The van der Waals surface area contributed by atoms with E-state index in [9.17, 15) is 9.59 Å². The highest BCUT2D eigenvalue weighted by Gasteiger charge is 2.19. The van der Waals surface area contributed by atoms with Crippen molar-refractivity contribution in [2.75, 3.05) is 27.4 Å². The van der Waals surface area contributed by atoms with Crippen molar-refractivity contribution >= 4 is 17.5 Å². The molecule has 0 heterocycles. The van der Waals surface area contributed by atoms with Crippen LogP contribution in [-0.2, 0) is 14.3 Å². The molecule has 7 nitrogen and oxygen atoms in total. The zero-order valence-corrected chi connectivity index (χ0v) is 21.5. The van der Waals surface area contributed by atoms with E-state index in [-0.39, 0.29) is 13.2 Å². The summed E-state index contributed by atoms with van der Waals surface area (Å²) in [4.78, 5) is 24.1. The fraction of sp³-hybridized carbons (Fsp3) is 0.379. The Kier molecular flexibility index (Phi) is 11.7. The van der Waals surface area contributed by atoms with Gasteiger partial charge in [0.25, 0.3) is 0 Å². The molecule has 0 saturated heterocycles. The van der Waals surface area contributed by atoms with E-state index in [1.165, 1.54) is 14.0 Å². The van der Waals surface area contributed by atoms with Crippen molar-refractivity contribution in [1.82, 2.24) is 0 Å². The van der Waals surface area contributed by atoms with Crippen LogP contribution in [-0.4, -0.2) is 44.5 Å². The van der Waals surface area contributed by atoms with E-state index in [1.54, 1.807) is 37.4 Å². The molecule has 2 aromatic rings. The van der Waals surface area contributed by atoms with Gasteiger partial charge in [0, 0.05) is 18.9 Å². The lowest BCUT2D eigenvalue weighted by molar-refractivity contribution is -0.146. The Balaban J connectivity index is 2.49. The fourth-order valence-corrected chi connectivity index (χ4v) is 3.75. The van der Waals surface area contributed by atoms with E-state index in [0.717, 1.165) is 41.5 Å². The minimum atomic E-state index is -0.543. The Hall–Kier alpha value is -3.58. The molecule has 1 atom stereocenters. The summed E-state index contributed by atoms with van der Waals surface area (Å²) in [6.07, 6.45) is 4.54. The first kappa shape index (κ1) is 28.7. The van der Waals surface area contributed by atoms with Gasteiger partial charge in [0.2, 0.25) is 0 Å². The SMILES string of the molecule is C=C(CCCC)/C(=C/C[C@H](OC(C)=O)c1ccc(OCCO)cc1)c1cc(C(=O)OC)ccc1OC. The summed E-state index contributed by atoms with van der Waals surface area (Å²) in [6.45, 7) is 7.92. The lowest BCUT2D eigenvalue weighted by Crippen LogP contribution is -2.09. The van der Waals surface area contributed by atoms with Gasteiger partial charge in [-0.25, -0.2) is 4.79 Å². The summed E-state index contributed by atoms with van der Waals surface area (Å²) in [6, 6.07) is 12.3. The first-order chi connectivity index (χ1) is 17.3. The van der Waals surface area contributed by atoms with Crippen molar-refractivity contribution in [2.45, 2.75) is 45.6 Å². The molecule has 2 aromatic carbocycles. The van der Waals surface area contributed by atoms with E-state index in [0.29, 0.717) is 23.5 Å². The van der Waals surface area contributed by atoms with E-state index in [2.05, 4.69) is 13.5 Å². The van der Waals surface area contributed by atoms with Gasteiger partial charge in [0.15, 0.2) is 0 Å². The molecule has 0 radical (unpaired) electrons. The number of hydrogen-bond acceptors (Lipinski definition) is 7. The van der Waals surface area contributed by atoms with Crippen molar-refractivity contribution in [3.63, 3.8) is 0 Å². The Bertz CT molecular complexity index is 1050. The maximum atomic E-state index is 12.2. The van der Waals surface area contributed by atoms with Crippen LogP contribution >= 0.6 is 0 Å². The second-order valence-electron chi connectivity index (χ2n) is 8.21. The molecule has 0 amide bonds. The number of aliphatic hydroxyl groups excluding tert-OH is 1. The highest BCUT2D eigenvalue weighted by atomic mass is 16.5. The molecule has 0 aliphatic heterocycles. The lowest BCUT2D eigenvalue weighted by atomic mass is 9.91. The quantitative estimate of drug-likeness (QED) is 0.266. The van der Waals surface area contributed by atoms with Gasteiger partial charge in [0.05, 0.1) is 26.4 Å². The van der Waals surface area contributed by atoms with Gasteiger partial charge in [-0.1, -0.05) is 38.1 Å². The topological polar surface area (TPSA) is 91.3 Å². The molecule has 0 fully saturated rings. The largest absolute Gasteiger partial charge is 0.496 e. The second kappa shape index (κ2) is 14.7. The number of ether oxygens (including phenoxy) is 4. The Morgan fingerprint density at radius 1 is 1.11 bits per heavy atom. The van der Waals surface area contributed by atoms with Crippen LogP contribution < -0.4 is 9.47 Å². The summed E-state index contributed by atoms with van der Waals surface area (Å²) < 4.78 is 21.6. The van der Waals surface area contributed by atoms with Crippen molar-refractivity contribution in [2.24, 2.45) is 0 Å². The second-order valence-corrected chi connectivity index (χ2v) is 8.21. The summed E-state index contributed by atoms with van der Waals surface area (Å²) in [7, 11) is 2.91. The van der Waals surface area contributed by atoms with Crippen LogP contribution in [0.25, 0.3) is 5.57 Å². The third kappa shape index (κ3) is 8.27. The number of allylic oxidation sites excluding steroid dienone is 2. The summed E-state index contributed by atoms with van der Waals surface area (Å²) in [5.74, 6) is 0.369. The number of methoxy groups -OCH3 is 2. The average Bonchev–Trinajstić information content (AvgIpc) is 2.89. The van der Waals surface area contributed by atoms with E-state index in [1.807, 2.05) is 18.2 Å². The molecule has 0 aliphatic carbocycles. The van der Waals surface area contributed by atoms with Crippen LogP contribution in [0.4, 0.5) is 0 Å². The monoisotopic (exact) mass is 496 g/mol. The minimum Gasteiger partial charge on any atom is -0.496 e. The maximum Gasteiger partial charge on any atom is 0.337 e. The normalized spacial score (nSPS) is 12.0. The molecule has 0 unspecified atom stereocenters. The van der Waals surface area contributed by atoms with Crippen LogP contribution in [0.5, 0.6) is 11.5 Å². The van der Waals surface area contributed by atoms with E-state index in [4.69, 9.17) is 24.1 Å². The molecule has 36 heavy (non-hydrogen) atoms. The van der Waals surface area contributed by atoms with Crippen molar-refractivity contribution < 1.29 is 33.6 Å². The van der Waals surface area contributed by atoms with E-state index >= 15 is 0 Å². The average molecular weight is 497 g/mol. The molecule has 0 aliphatic rings. The highest BCUT2D eigenvalue weighted by Crippen LogP contribution is 2.36. The van der Waals surface area contributed by atoms with Crippen LogP contribution in [0.2, 0.25) is 0 Å². The van der Waals surface area contributed by atoms with Gasteiger partial charge in [-0.05, 0) is 59.9 Å². The van der Waals surface area contributed by atoms with Gasteiger partial charge < -0.3 is 24.1 Å². The maximum absolute atomic E-state index is 12.2. The van der Waals surface area contributed by atoms with Crippen molar-refractivity contribution in [3.05, 3.63) is 77.4 Å². The molecule has 0 bridgehead atoms. The number of carbonyl (C=O) groups excluding carboxylic acids is 2. The number of hydrogen-bond donors (Lipinski definition) is 1. The van der Waals surface area contributed by atoms with Gasteiger partial charge >= 0.3 is 11.9 Å². The van der Waals surface area contributed by atoms with Crippen LogP contribution in [0, 0.1) is 0 Å². The predicted molar refractivity (Wildman–Crippen MR) is 139 cm³/mol. The molecule has 7 heteroatoms. The summed E-state index contributed by atoms with van der Waals surface area (Å²) in [5.41, 5.74) is 3.64. The third-order valence-electron chi connectivity index (χ3n) is 5.58. The van der Waals surface area contributed by atoms with Crippen molar-refractivity contribution in [3.8, 4) is 11.5 Å². The molecular formula is C29H36O7. The molecule has 1 N–H and O–H groups in total. The number of rotatable bonds is 14. The summed E-state index contributed by atoms with van der Waals surface area (Å²) >= 11 is 0. The molecule has 2 rings (SSSR count).